The maximum Gasteiger partial charge on any atom is 0.237 e. The van der Waals surface area contributed by atoms with Crippen molar-refractivity contribution >= 4 is 30.1 Å². The summed E-state index contributed by atoms with van der Waals surface area (Å²) >= 11 is 1.92. The molecule has 1 fully saturated rings. The Hall–Kier alpha value is -0.750. The van der Waals surface area contributed by atoms with Crippen LogP contribution in [0.15, 0.2) is 24.3 Å². The summed E-state index contributed by atoms with van der Waals surface area (Å²) in [5.74, 6) is 1.35. The van der Waals surface area contributed by atoms with Crippen molar-refractivity contribution in [2.75, 3.05) is 25.5 Å². The minimum absolute atomic E-state index is 0. The number of fused-ring (bicyclic) bond motifs is 1. The number of aryl methyl sites for hydroxylation is 1. The SMILES string of the molecule is Cl.NC(C(=O)NCC1SCCc2ccccc21)C1CCOCC1. The normalized spacial score (nSPS) is 22.6. The quantitative estimate of drug-likeness (QED) is 0.868. The summed E-state index contributed by atoms with van der Waals surface area (Å²) in [6.07, 6.45) is 2.89. The fourth-order valence-electron chi connectivity index (χ4n) is 3.25. The molecule has 0 bridgehead atoms. The van der Waals surface area contributed by atoms with Crippen LogP contribution in [0.25, 0.3) is 0 Å². The van der Waals surface area contributed by atoms with Crippen molar-refractivity contribution in [1.29, 1.82) is 0 Å². The number of halogens is 1. The van der Waals surface area contributed by atoms with E-state index in [-0.39, 0.29) is 24.2 Å². The predicted molar refractivity (Wildman–Crippen MR) is 97.1 cm³/mol. The number of amides is 1. The monoisotopic (exact) mass is 356 g/mol. The van der Waals surface area contributed by atoms with E-state index in [4.69, 9.17) is 10.5 Å². The fourth-order valence-corrected chi connectivity index (χ4v) is 4.48. The summed E-state index contributed by atoms with van der Waals surface area (Å²) in [7, 11) is 0. The van der Waals surface area contributed by atoms with Gasteiger partial charge in [-0.15, -0.1) is 12.4 Å². The Morgan fingerprint density at radius 2 is 2.09 bits per heavy atom. The molecule has 2 unspecified atom stereocenters. The molecule has 1 aromatic rings. The second-order valence-electron chi connectivity index (χ2n) is 6.03. The lowest BCUT2D eigenvalue weighted by molar-refractivity contribution is -0.124. The molecule has 6 heteroatoms. The Kier molecular flexibility index (Phi) is 7.21. The molecule has 0 spiro atoms. The smallest absolute Gasteiger partial charge is 0.237 e. The Morgan fingerprint density at radius 1 is 1.35 bits per heavy atom. The molecule has 2 aliphatic heterocycles. The molecule has 3 N–H and O–H groups in total. The number of carbonyl (C=O) groups excluding carboxylic acids is 1. The third kappa shape index (κ3) is 4.63. The highest BCUT2D eigenvalue weighted by atomic mass is 35.5. The van der Waals surface area contributed by atoms with E-state index in [0.29, 0.717) is 11.8 Å². The first-order valence-electron chi connectivity index (χ1n) is 8.06. The van der Waals surface area contributed by atoms with Gasteiger partial charge in [0.1, 0.15) is 0 Å². The zero-order valence-electron chi connectivity index (χ0n) is 13.2. The summed E-state index contributed by atoms with van der Waals surface area (Å²) in [4.78, 5) is 12.3. The van der Waals surface area contributed by atoms with Crippen LogP contribution in [0.2, 0.25) is 0 Å². The van der Waals surface area contributed by atoms with E-state index >= 15 is 0 Å². The van der Waals surface area contributed by atoms with Crippen molar-refractivity contribution in [2.24, 2.45) is 11.7 Å². The zero-order chi connectivity index (χ0) is 15.4. The van der Waals surface area contributed by atoms with Gasteiger partial charge in [-0.1, -0.05) is 24.3 Å². The number of hydrogen-bond donors (Lipinski definition) is 2. The summed E-state index contributed by atoms with van der Waals surface area (Å²) in [5, 5.41) is 3.41. The molecule has 2 aliphatic rings. The zero-order valence-corrected chi connectivity index (χ0v) is 14.8. The highest BCUT2D eigenvalue weighted by molar-refractivity contribution is 7.99. The number of thioether (sulfide) groups is 1. The first kappa shape index (κ1) is 18.6. The molecule has 1 amide bonds. The highest BCUT2D eigenvalue weighted by Gasteiger charge is 2.27. The van der Waals surface area contributed by atoms with Gasteiger partial charge in [-0.3, -0.25) is 4.79 Å². The lowest BCUT2D eigenvalue weighted by Gasteiger charge is -2.28. The molecule has 0 aliphatic carbocycles. The molecule has 128 valence electrons. The van der Waals surface area contributed by atoms with Crippen LogP contribution in [0.1, 0.15) is 29.2 Å². The first-order valence-corrected chi connectivity index (χ1v) is 9.11. The second-order valence-corrected chi connectivity index (χ2v) is 7.34. The summed E-state index contributed by atoms with van der Waals surface area (Å²) in [6.45, 7) is 2.10. The van der Waals surface area contributed by atoms with E-state index in [2.05, 4.69) is 29.6 Å². The van der Waals surface area contributed by atoms with Crippen molar-refractivity contribution in [2.45, 2.75) is 30.6 Å². The maximum absolute atomic E-state index is 12.3. The van der Waals surface area contributed by atoms with Gasteiger partial charge in [-0.05, 0) is 42.1 Å². The topological polar surface area (TPSA) is 64.4 Å². The molecule has 2 heterocycles. The van der Waals surface area contributed by atoms with Crippen LogP contribution in [0, 0.1) is 5.92 Å². The van der Waals surface area contributed by atoms with Crippen LogP contribution in [-0.4, -0.2) is 37.5 Å². The molecule has 4 nitrogen and oxygen atoms in total. The Bertz CT molecular complexity index is 523. The summed E-state index contributed by atoms with van der Waals surface area (Å²) in [5.41, 5.74) is 8.90. The van der Waals surface area contributed by atoms with Crippen LogP contribution < -0.4 is 11.1 Å². The third-order valence-corrected chi connectivity index (χ3v) is 5.89. The van der Waals surface area contributed by atoms with Crippen molar-refractivity contribution in [3.05, 3.63) is 35.4 Å². The van der Waals surface area contributed by atoms with E-state index in [1.54, 1.807) is 0 Å². The van der Waals surface area contributed by atoms with E-state index in [1.807, 2.05) is 11.8 Å². The van der Waals surface area contributed by atoms with Gasteiger partial charge in [0.05, 0.1) is 6.04 Å². The lowest BCUT2D eigenvalue weighted by Crippen LogP contribution is -2.47. The van der Waals surface area contributed by atoms with Crippen molar-refractivity contribution < 1.29 is 9.53 Å². The van der Waals surface area contributed by atoms with Gasteiger partial charge < -0.3 is 15.8 Å². The van der Waals surface area contributed by atoms with Crippen molar-refractivity contribution in [3.63, 3.8) is 0 Å². The number of nitrogens with one attached hydrogen (secondary N) is 1. The number of benzene rings is 1. The summed E-state index contributed by atoms with van der Waals surface area (Å²) < 4.78 is 5.33. The van der Waals surface area contributed by atoms with Crippen molar-refractivity contribution in [1.82, 2.24) is 5.32 Å². The van der Waals surface area contributed by atoms with Crippen LogP contribution in [0.5, 0.6) is 0 Å². The largest absolute Gasteiger partial charge is 0.381 e. The van der Waals surface area contributed by atoms with E-state index < -0.39 is 6.04 Å². The van der Waals surface area contributed by atoms with Gasteiger partial charge in [0.2, 0.25) is 5.91 Å². The minimum atomic E-state index is -0.410. The number of hydrogen-bond acceptors (Lipinski definition) is 4. The van der Waals surface area contributed by atoms with Gasteiger partial charge >= 0.3 is 0 Å². The molecule has 0 aromatic heterocycles. The standard InChI is InChI=1S/C17H24N2O2S.ClH/c18-16(13-5-8-21-9-6-13)17(20)19-11-15-14-4-2-1-3-12(14)7-10-22-15;/h1-4,13,15-16H,5-11,18H2,(H,19,20);1H. The Balaban J connectivity index is 0.00000192. The molecule has 2 atom stereocenters. The fraction of sp³-hybridized carbons (Fsp3) is 0.588. The Morgan fingerprint density at radius 3 is 2.87 bits per heavy atom. The van der Waals surface area contributed by atoms with Gasteiger partial charge in [-0.2, -0.15) is 11.8 Å². The van der Waals surface area contributed by atoms with E-state index in [1.165, 1.54) is 11.1 Å². The minimum Gasteiger partial charge on any atom is -0.381 e. The second kappa shape index (κ2) is 8.92. The summed E-state index contributed by atoms with van der Waals surface area (Å²) in [6, 6.07) is 8.13. The Labute approximate surface area is 148 Å². The highest BCUT2D eigenvalue weighted by Crippen LogP contribution is 2.36. The predicted octanol–water partition coefficient (Wildman–Crippen LogP) is 2.31. The van der Waals surface area contributed by atoms with Gasteiger partial charge in [0.25, 0.3) is 0 Å². The average Bonchev–Trinajstić information content (AvgIpc) is 2.59. The van der Waals surface area contributed by atoms with E-state index in [9.17, 15) is 4.79 Å². The van der Waals surface area contributed by atoms with Crippen LogP contribution in [-0.2, 0) is 16.0 Å². The van der Waals surface area contributed by atoms with Gasteiger partial charge in [0.15, 0.2) is 0 Å². The molecule has 0 radical (unpaired) electrons. The molecule has 3 rings (SSSR count). The number of rotatable bonds is 4. The molecular weight excluding hydrogens is 332 g/mol. The van der Waals surface area contributed by atoms with Crippen LogP contribution >= 0.6 is 24.2 Å². The van der Waals surface area contributed by atoms with E-state index in [0.717, 1.165) is 38.2 Å². The molecule has 0 saturated carbocycles. The lowest BCUT2D eigenvalue weighted by atomic mass is 9.92. The first-order chi connectivity index (χ1) is 10.8. The van der Waals surface area contributed by atoms with Crippen molar-refractivity contribution in [3.8, 4) is 0 Å². The maximum atomic E-state index is 12.3. The third-order valence-electron chi connectivity index (χ3n) is 4.63. The number of carbonyl (C=O) groups is 1. The number of nitrogens with two attached hydrogens (primary N) is 1. The van der Waals surface area contributed by atoms with Gasteiger partial charge in [-0.25, -0.2) is 0 Å². The van der Waals surface area contributed by atoms with Crippen LogP contribution in [0.4, 0.5) is 0 Å². The van der Waals surface area contributed by atoms with Gasteiger partial charge in [0, 0.05) is 25.0 Å². The molecule has 1 aromatic carbocycles. The number of ether oxygens (including phenoxy) is 1. The average molecular weight is 357 g/mol. The molecule has 23 heavy (non-hydrogen) atoms. The molecular formula is C17H25ClN2O2S. The molecule has 1 saturated heterocycles. The van der Waals surface area contributed by atoms with Crippen LogP contribution in [0.3, 0.4) is 0 Å².